The summed E-state index contributed by atoms with van der Waals surface area (Å²) in [5.74, 6) is 0.793. The molecular weight excluding hydrogens is 320 g/mol. The maximum absolute atomic E-state index is 12.3. The minimum Gasteiger partial charge on any atom is -0.360 e. The molecule has 0 saturated heterocycles. The van der Waals surface area contributed by atoms with Crippen LogP contribution < -0.4 is 4.72 Å². The molecule has 0 unspecified atom stereocenters. The molecule has 0 aliphatic heterocycles. The molecule has 3 aromatic rings. The SMILES string of the molecule is Cc1noc(C)c1S(=O)(=O)NCc1nc(-c2ccccc2)no1. The highest BCUT2D eigenvalue weighted by molar-refractivity contribution is 7.89. The first-order valence-corrected chi connectivity index (χ1v) is 8.26. The van der Waals surface area contributed by atoms with Crippen LogP contribution in [-0.2, 0) is 16.6 Å². The van der Waals surface area contributed by atoms with E-state index in [0.717, 1.165) is 5.56 Å². The summed E-state index contributed by atoms with van der Waals surface area (Å²) in [5.41, 5.74) is 1.08. The molecule has 3 rings (SSSR count). The molecule has 1 aromatic carbocycles. The van der Waals surface area contributed by atoms with Crippen LogP contribution in [0.3, 0.4) is 0 Å². The van der Waals surface area contributed by atoms with Crippen LogP contribution in [0.2, 0.25) is 0 Å². The van der Waals surface area contributed by atoms with E-state index in [9.17, 15) is 8.42 Å². The fraction of sp³-hybridized carbons (Fsp3) is 0.214. The second-order valence-electron chi connectivity index (χ2n) is 4.86. The predicted molar refractivity (Wildman–Crippen MR) is 79.7 cm³/mol. The van der Waals surface area contributed by atoms with Gasteiger partial charge in [-0.25, -0.2) is 13.1 Å². The number of nitrogens with zero attached hydrogens (tertiary/aromatic N) is 3. The van der Waals surface area contributed by atoms with Crippen LogP contribution in [0.5, 0.6) is 0 Å². The van der Waals surface area contributed by atoms with Crippen LogP contribution in [0.4, 0.5) is 0 Å². The third-order valence-corrected chi connectivity index (χ3v) is 4.79. The minimum absolute atomic E-state index is 0.0281. The number of aromatic nitrogens is 3. The zero-order valence-corrected chi connectivity index (χ0v) is 13.3. The number of sulfonamides is 1. The third kappa shape index (κ3) is 3.15. The molecule has 0 atom stereocenters. The van der Waals surface area contributed by atoms with Gasteiger partial charge in [0.05, 0.1) is 6.54 Å². The van der Waals surface area contributed by atoms with Gasteiger partial charge in [-0.05, 0) is 13.8 Å². The molecule has 0 spiro atoms. The van der Waals surface area contributed by atoms with Crippen molar-refractivity contribution in [3.63, 3.8) is 0 Å². The third-order valence-electron chi connectivity index (χ3n) is 3.15. The summed E-state index contributed by atoms with van der Waals surface area (Å²) in [6, 6.07) is 9.25. The highest BCUT2D eigenvalue weighted by Crippen LogP contribution is 2.19. The summed E-state index contributed by atoms with van der Waals surface area (Å²) in [7, 11) is -3.77. The van der Waals surface area contributed by atoms with Crippen molar-refractivity contribution in [3.8, 4) is 11.4 Å². The summed E-state index contributed by atoms with van der Waals surface area (Å²) in [5, 5.41) is 7.47. The van der Waals surface area contributed by atoms with Crippen LogP contribution in [0, 0.1) is 13.8 Å². The standard InChI is InChI=1S/C14H14N4O4S/c1-9-13(10(2)21-17-9)23(19,20)15-8-12-16-14(18-22-12)11-6-4-3-5-7-11/h3-7,15H,8H2,1-2H3. The van der Waals surface area contributed by atoms with Gasteiger partial charge in [-0.2, -0.15) is 4.98 Å². The summed E-state index contributed by atoms with van der Waals surface area (Å²) in [4.78, 5) is 4.19. The molecule has 9 heteroatoms. The highest BCUT2D eigenvalue weighted by atomic mass is 32.2. The summed E-state index contributed by atoms with van der Waals surface area (Å²) < 4.78 is 36.9. The van der Waals surface area contributed by atoms with Crippen molar-refractivity contribution < 1.29 is 17.5 Å². The van der Waals surface area contributed by atoms with Crippen molar-refractivity contribution in [2.45, 2.75) is 25.3 Å². The monoisotopic (exact) mass is 334 g/mol. The van der Waals surface area contributed by atoms with Gasteiger partial charge < -0.3 is 9.05 Å². The second kappa shape index (κ2) is 5.94. The van der Waals surface area contributed by atoms with E-state index >= 15 is 0 Å². The Morgan fingerprint density at radius 1 is 1.09 bits per heavy atom. The van der Waals surface area contributed by atoms with E-state index in [-0.39, 0.29) is 23.1 Å². The van der Waals surface area contributed by atoms with Crippen molar-refractivity contribution in [1.29, 1.82) is 0 Å². The lowest BCUT2D eigenvalue weighted by molar-refractivity contribution is 0.375. The van der Waals surface area contributed by atoms with E-state index in [2.05, 4.69) is 20.0 Å². The Balaban J connectivity index is 1.75. The van der Waals surface area contributed by atoms with Gasteiger partial charge in [0, 0.05) is 5.56 Å². The predicted octanol–water partition coefficient (Wildman–Crippen LogP) is 1.82. The van der Waals surface area contributed by atoms with E-state index in [1.807, 2.05) is 30.3 Å². The van der Waals surface area contributed by atoms with Crippen molar-refractivity contribution >= 4 is 10.0 Å². The zero-order chi connectivity index (χ0) is 16.4. The van der Waals surface area contributed by atoms with Crippen LogP contribution >= 0.6 is 0 Å². The fourth-order valence-electron chi connectivity index (χ4n) is 2.12. The molecule has 0 aliphatic carbocycles. The maximum Gasteiger partial charge on any atom is 0.246 e. The Labute approximate surface area is 132 Å². The van der Waals surface area contributed by atoms with Gasteiger partial charge in [0.15, 0.2) is 5.76 Å². The molecule has 2 heterocycles. The summed E-state index contributed by atoms with van der Waals surface area (Å²) in [6.07, 6.45) is 0. The number of rotatable bonds is 5. The van der Waals surface area contributed by atoms with Gasteiger partial charge in [-0.3, -0.25) is 0 Å². The molecule has 1 N–H and O–H groups in total. The second-order valence-corrected chi connectivity index (χ2v) is 6.56. The van der Waals surface area contributed by atoms with Crippen LogP contribution in [0.1, 0.15) is 17.3 Å². The van der Waals surface area contributed by atoms with Crippen LogP contribution in [-0.4, -0.2) is 23.7 Å². The number of nitrogens with one attached hydrogen (secondary N) is 1. The van der Waals surface area contributed by atoms with Crippen molar-refractivity contribution in [1.82, 2.24) is 20.0 Å². The molecular formula is C14H14N4O4S. The Kier molecular flexibility index (Phi) is 3.97. The van der Waals surface area contributed by atoms with Gasteiger partial charge >= 0.3 is 0 Å². The van der Waals surface area contributed by atoms with Gasteiger partial charge in [0.1, 0.15) is 10.6 Å². The van der Waals surface area contributed by atoms with E-state index < -0.39 is 10.0 Å². The Bertz CT molecular complexity index is 896. The zero-order valence-electron chi connectivity index (χ0n) is 12.5. The summed E-state index contributed by atoms with van der Waals surface area (Å²) in [6.45, 7) is 2.98. The van der Waals surface area contributed by atoms with E-state index in [0.29, 0.717) is 11.5 Å². The Hall–Kier alpha value is -2.52. The largest absolute Gasteiger partial charge is 0.360 e. The van der Waals surface area contributed by atoms with Crippen molar-refractivity contribution in [2.24, 2.45) is 0 Å². The highest BCUT2D eigenvalue weighted by Gasteiger charge is 2.24. The fourth-order valence-corrected chi connectivity index (χ4v) is 3.42. The molecule has 23 heavy (non-hydrogen) atoms. The average Bonchev–Trinajstić information content (AvgIpc) is 3.13. The molecule has 0 fully saturated rings. The number of aryl methyl sites for hydroxylation is 2. The van der Waals surface area contributed by atoms with Gasteiger partial charge in [0.2, 0.25) is 21.7 Å². The number of benzene rings is 1. The van der Waals surface area contributed by atoms with Crippen LogP contribution in [0.15, 0.2) is 44.3 Å². The van der Waals surface area contributed by atoms with E-state index in [1.165, 1.54) is 6.92 Å². The average molecular weight is 334 g/mol. The first-order chi connectivity index (χ1) is 11.0. The molecule has 0 saturated carbocycles. The Morgan fingerprint density at radius 2 is 1.83 bits per heavy atom. The van der Waals surface area contributed by atoms with E-state index in [1.54, 1.807) is 6.92 Å². The topological polar surface area (TPSA) is 111 Å². The minimum atomic E-state index is -3.77. The quantitative estimate of drug-likeness (QED) is 0.757. The first-order valence-electron chi connectivity index (χ1n) is 6.78. The molecule has 0 amide bonds. The van der Waals surface area contributed by atoms with Crippen molar-refractivity contribution in [3.05, 3.63) is 47.7 Å². The van der Waals surface area contributed by atoms with Gasteiger partial charge in [0.25, 0.3) is 0 Å². The molecule has 0 aliphatic rings. The molecule has 0 radical (unpaired) electrons. The maximum atomic E-state index is 12.3. The molecule has 2 aromatic heterocycles. The smallest absolute Gasteiger partial charge is 0.246 e. The lowest BCUT2D eigenvalue weighted by atomic mass is 10.2. The van der Waals surface area contributed by atoms with Crippen LogP contribution in [0.25, 0.3) is 11.4 Å². The van der Waals surface area contributed by atoms with Gasteiger partial charge in [-0.1, -0.05) is 40.6 Å². The lowest BCUT2D eigenvalue weighted by Gasteiger charge is -2.03. The molecule has 8 nitrogen and oxygen atoms in total. The lowest BCUT2D eigenvalue weighted by Crippen LogP contribution is -2.24. The normalized spacial score (nSPS) is 11.7. The van der Waals surface area contributed by atoms with Gasteiger partial charge in [-0.15, -0.1) is 0 Å². The first kappa shape index (κ1) is 15.4. The summed E-state index contributed by atoms with van der Waals surface area (Å²) >= 11 is 0. The Morgan fingerprint density at radius 3 is 2.48 bits per heavy atom. The molecule has 0 bridgehead atoms. The number of hydrogen-bond donors (Lipinski definition) is 1. The van der Waals surface area contributed by atoms with Crippen molar-refractivity contribution in [2.75, 3.05) is 0 Å². The van der Waals surface area contributed by atoms with E-state index in [4.69, 9.17) is 9.05 Å². The molecule has 120 valence electrons. The number of hydrogen-bond acceptors (Lipinski definition) is 7.